The number of carbonyl (C=O) groups is 1. The Balaban J connectivity index is 1.38. The second kappa shape index (κ2) is 63.7. The standard InChI is InChI=1S/C83H153NO18/c1-3-5-7-9-11-13-15-17-19-21-23-25-27-29-31-33-35-37-39-41-43-45-47-49-51-53-55-57-59-61-71(89)84-66(67(88)60-58-56-54-52-50-48-46-44-42-40-38-36-34-32-30-28-26-24-22-20-18-16-14-12-10-8-6-4-2)65-97-81-77(95)74(92)79(69(63-86)99-81)102-83-78(96)75(93)80(70(64-87)100-83)101-82-76(94)73(91)72(90)68(62-85)98-82/h21,23,42,44,50,52,58,60,66-70,72-83,85-88,90-96H,3-20,22,24-41,43,45-49,51,53-57,59,61-65H2,1-2H3,(H,84,89)/b23-21-,44-42+,52-50+,60-58+. The van der Waals surface area contributed by atoms with Gasteiger partial charge in [-0.2, -0.15) is 0 Å². The van der Waals surface area contributed by atoms with Crippen molar-refractivity contribution in [2.75, 3.05) is 26.4 Å². The number of carbonyl (C=O) groups excluding carboxylic acids is 1. The lowest BCUT2D eigenvalue weighted by Gasteiger charge is -2.48. The first kappa shape index (κ1) is 94.0. The first-order valence-electron chi connectivity index (χ1n) is 41.9. The fourth-order valence-electron chi connectivity index (χ4n) is 14.1. The summed E-state index contributed by atoms with van der Waals surface area (Å²) in [5, 5.41) is 121. The molecule has 0 aromatic heterocycles. The van der Waals surface area contributed by atoms with Gasteiger partial charge in [0, 0.05) is 6.42 Å². The molecule has 12 N–H and O–H groups in total. The summed E-state index contributed by atoms with van der Waals surface area (Å²) in [6.45, 7) is 1.76. The van der Waals surface area contributed by atoms with Crippen LogP contribution >= 0.6 is 0 Å². The molecule has 17 unspecified atom stereocenters. The fourth-order valence-corrected chi connectivity index (χ4v) is 14.1. The van der Waals surface area contributed by atoms with Crippen LogP contribution in [0.15, 0.2) is 48.6 Å². The van der Waals surface area contributed by atoms with Crippen molar-refractivity contribution in [2.45, 2.75) is 446 Å². The molecule has 3 aliphatic rings. The lowest BCUT2D eigenvalue weighted by atomic mass is 9.96. The predicted octanol–water partition coefficient (Wildman–Crippen LogP) is 14.5. The van der Waals surface area contributed by atoms with Gasteiger partial charge in [0.05, 0.1) is 38.6 Å². The zero-order chi connectivity index (χ0) is 73.9. The van der Waals surface area contributed by atoms with Gasteiger partial charge in [-0.1, -0.05) is 313 Å². The summed E-state index contributed by atoms with van der Waals surface area (Å²) in [7, 11) is 0. The van der Waals surface area contributed by atoms with Crippen molar-refractivity contribution in [3.05, 3.63) is 48.6 Å². The molecule has 0 aromatic rings. The minimum absolute atomic E-state index is 0.234. The Morgan fingerprint density at radius 2 is 0.627 bits per heavy atom. The number of hydrogen-bond donors (Lipinski definition) is 12. The quantitative estimate of drug-likeness (QED) is 0.0199. The van der Waals surface area contributed by atoms with Crippen molar-refractivity contribution >= 4 is 5.91 Å². The van der Waals surface area contributed by atoms with Crippen molar-refractivity contribution < 1.29 is 89.4 Å². The Hall–Kier alpha value is -2.25. The normalized spacial score (nSPS) is 26.4. The van der Waals surface area contributed by atoms with Crippen LogP contribution in [0.4, 0.5) is 0 Å². The van der Waals surface area contributed by atoms with Crippen LogP contribution in [0.3, 0.4) is 0 Å². The van der Waals surface area contributed by atoms with E-state index in [1.165, 1.54) is 263 Å². The molecular formula is C83H153NO18. The maximum absolute atomic E-state index is 13.5. The minimum atomic E-state index is -1.98. The van der Waals surface area contributed by atoms with Crippen LogP contribution in [-0.4, -0.2) is 193 Å². The monoisotopic (exact) mass is 1450 g/mol. The molecule has 0 spiro atoms. The molecule has 3 heterocycles. The van der Waals surface area contributed by atoms with E-state index in [0.29, 0.717) is 12.8 Å². The number of amides is 1. The molecule has 598 valence electrons. The van der Waals surface area contributed by atoms with Gasteiger partial charge in [-0.3, -0.25) is 4.79 Å². The van der Waals surface area contributed by atoms with Crippen LogP contribution in [0.25, 0.3) is 0 Å². The molecule has 0 aliphatic carbocycles. The summed E-state index contributed by atoms with van der Waals surface area (Å²) in [5.74, 6) is -0.284. The number of hydrogen-bond acceptors (Lipinski definition) is 18. The van der Waals surface area contributed by atoms with Crippen LogP contribution in [0.5, 0.6) is 0 Å². The van der Waals surface area contributed by atoms with Crippen LogP contribution in [0.2, 0.25) is 0 Å². The Morgan fingerprint density at radius 3 is 0.980 bits per heavy atom. The van der Waals surface area contributed by atoms with Gasteiger partial charge in [-0.25, -0.2) is 0 Å². The SMILES string of the molecule is CCCCCCCCCC/C=C\CCCCCCCCCCCCCCCCCCCC(=O)NC(COC1OC(CO)C(OC2OC(CO)C(OC3OC(CO)C(O)C(O)C3O)C(O)C2O)C(O)C1O)C(O)/C=C/CC/C=C/CC/C=C/CCCCCCCCCCCCCCCCCCCC. The summed E-state index contributed by atoms with van der Waals surface area (Å²) >= 11 is 0. The minimum Gasteiger partial charge on any atom is -0.394 e. The first-order chi connectivity index (χ1) is 49.8. The maximum atomic E-state index is 13.5. The predicted molar refractivity (Wildman–Crippen MR) is 406 cm³/mol. The van der Waals surface area contributed by atoms with Gasteiger partial charge in [0.2, 0.25) is 5.91 Å². The van der Waals surface area contributed by atoms with Gasteiger partial charge in [0.1, 0.15) is 73.2 Å². The molecule has 0 aromatic carbocycles. The summed E-state index contributed by atoms with van der Waals surface area (Å²) in [4.78, 5) is 13.5. The molecule has 17 atom stereocenters. The van der Waals surface area contributed by atoms with Crippen molar-refractivity contribution in [3.63, 3.8) is 0 Å². The topological polar surface area (TPSA) is 307 Å². The number of aliphatic hydroxyl groups is 11. The van der Waals surface area contributed by atoms with E-state index >= 15 is 0 Å². The highest BCUT2D eigenvalue weighted by molar-refractivity contribution is 5.76. The highest BCUT2D eigenvalue weighted by atomic mass is 16.8. The highest BCUT2D eigenvalue weighted by Crippen LogP contribution is 2.33. The van der Waals surface area contributed by atoms with Crippen molar-refractivity contribution in [2.24, 2.45) is 0 Å². The van der Waals surface area contributed by atoms with E-state index in [4.69, 9.17) is 28.4 Å². The largest absolute Gasteiger partial charge is 0.394 e. The second-order valence-electron chi connectivity index (χ2n) is 29.9. The van der Waals surface area contributed by atoms with Crippen molar-refractivity contribution in [1.82, 2.24) is 5.32 Å². The first-order valence-corrected chi connectivity index (χ1v) is 41.9. The molecule has 3 fully saturated rings. The average molecular weight is 1450 g/mol. The summed E-state index contributed by atoms with van der Waals surface area (Å²) < 4.78 is 34.5. The molecule has 19 heteroatoms. The molecule has 19 nitrogen and oxygen atoms in total. The van der Waals surface area contributed by atoms with Crippen LogP contribution in [-0.2, 0) is 33.2 Å². The van der Waals surface area contributed by atoms with E-state index in [1.807, 2.05) is 6.08 Å². The number of ether oxygens (including phenoxy) is 6. The molecule has 3 saturated heterocycles. The van der Waals surface area contributed by atoms with Gasteiger partial charge in [0.25, 0.3) is 0 Å². The third kappa shape index (κ3) is 43.1. The number of unbranched alkanes of at least 4 members (excludes halogenated alkanes) is 45. The lowest BCUT2D eigenvalue weighted by Crippen LogP contribution is -2.66. The van der Waals surface area contributed by atoms with Gasteiger partial charge >= 0.3 is 0 Å². The van der Waals surface area contributed by atoms with E-state index < -0.39 is 124 Å². The van der Waals surface area contributed by atoms with E-state index in [1.54, 1.807) is 6.08 Å². The second-order valence-corrected chi connectivity index (χ2v) is 29.9. The van der Waals surface area contributed by atoms with Crippen molar-refractivity contribution in [3.8, 4) is 0 Å². The molecule has 0 saturated carbocycles. The van der Waals surface area contributed by atoms with Gasteiger partial charge < -0.3 is 89.9 Å². The molecule has 0 bridgehead atoms. The lowest BCUT2D eigenvalue weighted by molar-refractivity contribution is -0.379. The number of aliphatic hydroxyl groups excluding tert-OH is 11. The molecule has 3 rings (SSSR count). The van der Waals surface area contributed by atoms with Crippen LogP contribution < -0.4 is 5.32 Å². The third-order valence-electron chi connectivity index (χ3n) is 20.8. The van der Waals surface area contributed by atoms with Gasteiger partial charge in [-0.15, -0.1) is 0 Å². The Labute approximate surface area is 618 Å². The average Bonchev–Trinajstić information content (AvgIpc) is 0.766. The smallest absolute Gasteiger partial charge is 0.220 e. The van der Waals surface area contributed by atoms with Crippen LogP contribution in [0, 0.1) is 0 Å². The highest BCUT2D eigenvalue weighted by Gasteiger charge is 2.54. The molecule has 102 heavy (non-hydrogen) atoms. The summed E-state index contributed by atoms with van der Waals surface area (Å²) in [5.41, 5.74) is 0. The van der Waals surface area contributed by atoms with E-state index in [0.717, 1.165) is 44.9 Å². The number of allylic oxidation sites excluding steroid dienone is 7. The molecule has 1 amide bonds. The summed E-state index contributed by atoms with van der Waals surface area (Å²) in [6, 6.07) is -0.998. The van der Waals surface area contributed by atoms with Crippen molar-refractivity contribution in [1.29, 1.82) is 0 Å². The van der Waals surface area contributed by atoms with Gasteiger partial charge in [0.15, 0.2) is 18.9 Å². The Morgan fingerprint density at radius 1 is 0.343 bits per heavy atom. The number of rotatable bonds is 67. The summed E-state index contributed by atoms with van der Waals surface area (Å²) in [6.07, 6.45) is 54.0. The molecule has 0 radical (unpaired) electrons. The Kier molecular flexibility index (Phi) is 58.6. The fraction of sp³-hybridized carbons (Fsp3) is 0.892. The van der Waals surface area contributed by atoms with E-state index in [-0.39, 0.29) is 18.9 Å². The third-order valence-corrected chi connectivity index (χ3v) is 20.8. The zero-order valence-corrected chi connectivity index (χ0v) is 64.1. The van der Waals surface area contributed by atoms with E-state index in [9.17, 15) is 61.0 Å². The van der Waals surface area contributed by atoms with Gasteiger partial charge in [-0.05, 0) is 70.6 Å². The van der Waals surface area contributed by atoms with Crippen LogP contribution in [0.1, 0.15) is 341 Å². The maximum Gasteiger partial charge on any atom is 0.220 e. The molecule has 3 aliphatic heterocycles. The van der Waals surface area contributed by atoms with E-state index in [2.05, 4.69) is 55.6 Å². The Bertz CT molecular complexity index is 2030. The molecular weight excluding hydrogens is 1300 g/mol. The zero-order valence-electron chi connectivity index (χ0n) is 64.1. The number of nitrogens with one attached hydrogen (secondary N) is 1.